The summed E-state index contributed by atoms with van der Waals surface area (Å²) in [6.45, 7) is 9.45. The fourth-order valence-electron chi connectivity index (χ4n) is 7.49. The third-order valence-corrected chi connectivity index (χ3v) is 8.83. The Morgan fingerprint density at radius 1 is 1.27 bits per heavy atom. The van der Waals surface area contributed by atoms with Crippen molar-refractivity contribution in [1.82, 2.24) is 0 Å². The van der Waals surface area contributed by atoms with Crippen LogP contribution in [0.2, 0.25) is 0 Å². The van der Waals surface area contributed by atoms with Crippen LogP contribution in [0.15, 0.2) is 23.3 Å². The number of hydrogen-bond acceptors (Lipinski definition) is 2. The first kappa shape index (κ1) is 18.0. The molecule has 2 heteroatoms. The van der Waals surface area contributed by atoms with Crippen molar-refractivity contribution < 1.29 is 4.79 Å². The van der Waals surface area contributed by atoms with Crippen LogP contribution in [0.3, 0.4) is 0 Å². The Hall–Kier alpha value is -1.36. The lowest BCUT2D eigenvalue weighted by atomic mass is 9.45. The molecule has 0 aromatic rings. The number of rotatable bonds is 1. The van der Waals surface area contributed by atoms with Gasteiger partial charge >= 0.3 is 0 Å². The van der Waals surface area contributed by atoms with E-state index in [9.17, 15) is 10.1 Å². The second-order valence-corrected chi connectivity index (χ2v) is 10.0. The molecular formula is C24H33NO. The molecule has 0 amide bonds. The van der Waals surface area contributed by atoms with Crippen LogP contribution in [0, 0.1) is 51.8 Å². The number of nitrogens with zero attached hydrogens (tertiary/aromatic N) is 1. The van der Waals surface area contributed by atoms with Gasteiger partial charge in [-0.2, -0.15) is 5.26 Å². The Morgan fingerprint density at radius 2 is 2.04 bits per heavy atom. The minimum absolute atomic E-state index is 0.110. The summed E-state index contributed by atoms with van der Waals surface area (Å²) in [6, 6.07) is 2.70. The van der Waals surface area contributed by atoms with E-state index in [1.165, 1.54) is 24.0 Å². The van der Waals surface area contributed by atoms with E-state index < -0.39 is 0 Å². The van der Waals surface area contributed by atoms with Gasteiger partial charge in [-0.25, -0.2) is 0 Å². The molecule has 2 nitrogen and oxygen atoms in total. The number of fused-ring (bicyclic) bond motifs is 5. The SMILES string of the molecule is CCC=C1C[C@H]2[C@@H]3[C@@H](C)CC4=CC(=O)CC[C@]4(C)[C@H]3CC[C@]2(C)[C@H]1C#N. The van der Waals surface area contributed by atoms with E-state index in [-0.39, 0.29) is 16.7 Å². The van der Waals surface area contributed by atoms with Crippen molar-refractivity contribution in [3.8, 4) is 6.07 Å². The maximum Gasteiger partial charge on any atom is 0.155 e. The maximum absolute atomic E-state index is 12.0. The number of carbonyl (C=O) groups excluding carboxylic acids is 1. The molecule has 3 fully saturated rings. The molecule has 0 aliphatic heterocycles. The highest BCUT2D eigenvalue weighted by atomic mass is 16.1. The van der Waals surface area contributed by atoms with Crippen molar-refractivity contribution in [2.24, 2.45) is 40.4 Å². The molecular weight excluding hydrogens is 318 g/mol. The average molecular weight is 352 g/mol. The van der Waals surface area contributed by atoms with Gasteiger partial charge < -0.3 is 0 Å². The summed E-state index contributed by atoms with van der Waals surface area (Å²) in [6.07, 6.45) is 11.7. The van der Waals surface area contributed by atoms with Gasteiger partial charge in [-0.3, -0.25) is 4.79 Å². The molecule has 0 unspecified atom stereocenters. The molecule has 7 atom stereocenters. The quantitative estimate of drug-likeness (QED) is 0.556. The van der Waals surface area contributed by atoms with E-state index in [0.717, 1.165) is 32.1 Å². The lowest BCUT2D eigenvalue weighted by molar-refractivity contribution is -0.118. The molecule has 4 aliphatic rings. The van der Waals surface area contributed by atoms with E-state index >= 15 is 0 Å². The van der Waals surface area contributed by atoms with Crippen molar-refractivity contribution in [3.63, 3.8) is 0 Å². The maximum atomic E-state index is 12.0. The first-order chi connectivity index (χ1) is 12.3. The molecule has 26 heavy (non-hydrogen) atoms. The Bertz CT molecular complexity index is 725. The predicted octanol–water partition coefficient (Wildman–Crippen LogP) is 5.85. The molecule has 4 aliphatic carbocycles. The van der Waals surface area contributed by atoms with Crippen molar-refractivity contribution in [2.45, 2.75) is 72.6 Å². The summed E-state index contributed by atoms with van der Waals surface area (Å²) in [7, 11) is 0. The molecule has 0 heterocycles. The van der Waals surface area contributed by atoms with Crippen molar-refractivity contribution in [3.05, 3.63) is 23.3 Å². The minimum Gasteiger partial charge on any atom is -0.295 e. The van der Waals surface area contributed by atoms with Gasteiger partial charge in [0, 0.05) is 6.42 Å². The van der Waals surface area contributed by atoms with Gasteiger partial charge in [-0.1, -0.05) is 44.9 Å². The lowest BCUT2D eigenvalue weighted by Gasteiger charge is -2.59. The highest BCUT2D eigenvalue weighted by Crippen LogP contribution is 2.68. The van der Waals surface area contributed by atoms with Gasteiger partial charge in [0.25, 0.3) is 0 Å². The fourth-order valence-corrected chi connectivity index (χ4v) is 7.49. The number of carbonyl (C=O) groups is 1. The standard InChI is InChI=1S/C24H33NO/c1-5-6-16-12-20-22-15(2)11-17-13-18(26)7-9-23(17,3)19(22)8-10-24(20,4)21(16)14-25/h6,13,15,19-22H,5,7-12H2,1-4H3/t15-,19-,20-,21-,22+,23-,24-/m0/s1. The van der Waals surface area contributed by atoms with Crippen LogP contribution >= 0.6 is 0 Å². The normalized spacial score (nSPS) is 49.0. The van der Waals surface area contributed by atoms with E-state index in [0.29, 0.717) is 29.5 Å². The van der Waals surface area contributed by atoms with Gasteiger partial charge in [0.1, 0.15) is 0 Å². The Balaban J connectivity index is 1.75. The summed E-state index contributed by atoms with van der Waals surface area (Å²) in [5.74, 6) is 3.08. The average Bonchev–Trinajstić information content (AvgIpc) is 2.88. The fraction of sp³-hybridized carbons (Fsp3) is 0.750. The van der Waals surface area contributed by atoms with Crippen LogP contribution < -0.4 is 0 Å². The minimum atomic E-state index is 0.110. The first-order valence-corrected chi connectivity index (χ1v) is 10.7. The van der Waals surface area contributed by atoms with Gasteiger partial charge in [0.15, 0.2) is 5.78 Å². The van der Waals surface area contributed by atoms with Crippen molar-refractivity contribution >= 4 is 5.78 Å². The first-order valence-electron chi connectivity index (χ1n) is 10.7. The smallest absolute Gasteiger partial charge is 0.155 e. The zero-order chi connectivity index (χ0) is 18.7. The second kappa shape index (κ2) is 6.08. The van der Waals surface area contributed by atoms with E-state index in [1.54, 1.807) is 0 Å². The molecule has 140 valence electrons. The van der Waals surface area contributed by atoms with Crippen LogP contribution in [0.1, 0.15) is 72.6 Å². The number of allylic oxidation sites excluding steroid dienone is 3. The number of nitriles is 1. The highest BCUT2D eigenvalue weighted by molar-refractivity contribution is 5.91. The van der Waals surface area contributed by atoms with E-state index in [2.05, 4.69) is 39.8 Å². The summed E-state index contributed by atoms with van der Waals surface area (Å²) in [4.78, 5) is 12.0. The van der Waals surface area contributed by atoms with Crippen LogP contribution in [0.5, 0.6) is 0 Å². The van der Waals surface area contributed by atoms with Crippen LogP contribution in [0.4, 0.5) is 0 Å². The van der Waals surface area contributed by atoms with Crippen molar-refractivity contribution in [2.75, 3.05) is 0 Å². The number of ketones is 1. The van der Waals surface area contributed by atoms with Crippen LogP contribution in [0.25, 0.3) is 0 Å². The third kappa shape index (κ3) is 2.32. The zero-order valence-corrected chi connectivity index (χ0v) is 16.8. The van der Waals surface area contributed by atoms with E-state index in [4.69, 9.17) is 0 Å². The lowest BCUT2D eigenvalue weighted by Crippen LogP contribution is -2.53. The molecule has 0 radical (unpaired) electrons. The van der Waals surface area contributed by atoms with Crippen LogP contribution in [-0.4, -0.2) is 5.78 Å². The van der Waals surface area contributed by atoms with Crippen molar-refractivity contribution in [1.29, 1.82) is 5.26 Å². The molecule has 3 saturated carbocycles. The third-order valence-electron chi connectivity index (χ3n) is 8.83. The Labute approximate surface area is 158 Å². The summed E-state index contributed by atoms with van der Waals surface area (Å²) >= 11 is 0. The summed E-state index contributed by atoms with van der Waals surface area (Å²) in [5.41, 5.74) is 3.21. The predicted molar refractivity (Wildman–Crippen MR) is 104 cm³/mol. The van der Waals surface area contributed by atoms with Crippen LogP contribution in [-0.2, 0) is 4.79 Å². The van der Waals surface area contributed by atoms with Gasteiger partial charge in [0.05, 0.1) is 12.0 Å². The van der Waals surface area contributed by atoms with Gasteiger partial charge in [0.2, 0.25) is 0 Å². The van der Waals surface area contributed by atoms with Gasteiger partial charge in [-0.05, 0) is 79.1 Å². The Kier molecular flexibility index (Phi) is 4.22. The monoisotopic (exact) mass is 351 g/mol. The highest BCUT2D eigenvalue weighted by Gasteiger charge is 2.61. The molecule has 0 aromatic carbocycles. The molecule has 4 rings (SSSR count). The van der Waals surface area contributed by atoms with E-state index in [1.807, 2.05) is 6.08 Å². The zero-order valence-electron chi connectivity index (χ0n) is 16.8. The molecule has 0 saturated heterocycles. The second-order valence-electron chi connectivity index (χ2n) is 10.0. The Morgan fingerprint density at radius 3 is 2.73 bits per heavy atom. The number of hydrogen-bond donors (Lipinski definition) is 0. The largest absolute Gasteiger partial charge is 0.295 e. The summed E-state index contributed by atoms with van der Waals surface area (Å²) in [5, 5.41) is 9.96. The molecule has 0 aromatic heterocycles. The summed E-state index contributed by atoms with van der Waals surface area (Å²) < 4.78 is 0. The topological polar surface area (TPSA) is 40.9 Å². The molecule has 0 spiro atoms. The van der Waals surface area contributed by atoms with Gasteiger partial charge in [-0.15, -0.1) is 0 Å². The molecule has 0 N–H and O–H groups in total. The molecule has 0 bridgehead atoms.